The van der Waals surface area contributed by atoms with Crippen molar-refractivity contribution in [2.75, 3.05) is 0 Å². The van der Waals surface area contributed by atoms with Crippen molar-refractivity contribution in [3.05, 3.63) is 60.7 Å². The molecule has 0 unspecified atom stereocenters. The summed E-state index contributed by atoms with van der Waals surface area (Å²) in [4.78, 5) is 0. The maximum absolute atomic E-state index is 3.29. The van der Waals surface area contributed by atoms with Crippen molar-refractivity contribution in [2.24, 2.45) is 0 Å². The first-order valence-electron chi connectivity index (χ1n) is 5.27. The van der Waals surface area contributed by atoms with Crippen LogP contribution in [0, 0.1) is 6.07 Å². The van der Waals surface area contributed by atoms with Crippen LogP contribution in [0.25, 0.3) is 21.5 Å². The van der Waals surface area contributed by atoms with E-state index in [0.717, 1.165) is 0 Å². The lowest BCUT2D eigenvalue weighted by molar-refractivity contribution is 1.76. The summed E-state index contributed by atoms with van der Waals surface area (Å²) < 4.78 is 0. The average Bonchev–Trinajstić information content (AvgIpc) is 2.40. The third kappa shape index (κ3) is 3.22. The standard InChI is InChI=1S/C14H9.2BrH.Mg/c1-3-7-13-11(5-1)9-10-12-6-2-4-8-14(12)13;;;/h1-9H;2*1H;/q;;;+2/p-2. The predicted octanol–water partition coefficient (Wildman–Crippen LogP) is 5.10. The molecule has 0 fully saturated rings. The molecular formula is C14H9Br2Mg. The van der Waals surface area contributed by atoms with E-state index in [4.69, 9.17) is 0 Å². The molecule has 0 nitrogen and oxygen atoms in total. The minimum atomic E-state index is 0.0417. The van der Waals surface area contributed by atoms with Gasteiger partial charge in [0.1, 0.15) is 0 Å². The average molecular weight is 361 g/mol. The maximum atomic E-state index is 3.29. The monoisotopic (exact) mass is 359 g/mol. The van der Waals surface area contributed by atoms with Gasteiger partial charge in [-0.1, -0.05) is 48.5 Å². The number of hydrogen-bond donors (Lipinski definition) is 0. The first-order valence-corrected chi connectivity index (χ1v) is 13.1. The highest BCUT2D eigenvalue weighted by Gasteiger charge is 1.97. The van der Waals surface area contributed by atoms with Crippen LogP contribution < -0.4 is 0 Å². The molecule has 3 rings (SSSR count). The summed E-state index contributed by atoms with van der Waals surface area (Å²) in [6.07, 6.45) is 0. The second-order valence-corrected chi connectivity index (χ2v) is 11.6. The van der Waals surface area contributed by atoms with Crippen LogP contribution in [0.2, 0.25) is 0 Å². The number of fused-ring (bicyclic) bond motifs is 3. The molecule has 0 aliphatic heterocycles. The molecule has 0 amide bonds. The largest absolute Gasteiger partial charge is 0.560 e. The van der Waals surface area contributed by atoms with Crippen LogP contribution in [0.4, 0.5) is 0 Å². The van der Waals surface area contributed by atoms with Crippen LogP contribution in [0.1, 0.15) is 0 Å². The lowest BCUT2D eigenvalue weighted by Crippen LogP contribution is -1.76. The molecule has 0 bridgehead atoms. The Kier molecular flexibility index (Phi) is 5.29. The molecule has 0 spiro atoms. The Morgan fingerprint density at radius 1 is 0.824 bits per heavy atom. The third-order valence-corrected chi connectivity index (χ3v) is 2.56. The van der Waals surface area contributed by atoms with Crippen LogP contribution >= 0.6 is 25.8 Å². The van der Waals surface area contributed by atoms with Gasteiger partial charge in [-0.3, -0.25) is 25.8 Å². The summed E-state index contributed by atoms with van der Waals surface area (Å²) >= 11 is 6.44. The van der Waals surface area contributed by atoms with E-state index < -0.39 is 0 Å². The second kappa shape index (κ2) is 6.74. The van der Waals surface area contributed by atoms with Crippen LogP contribution in [0.3, 0.4) is 0 Å². The Bertz CT molecular complexity index is 568. The van der Waals surface area contributed by atoms with E-state index in [1.807, 2.05) is 6.07 Å². The molecule has 3 aromatic carbocycles. The van der Waals surface area contributed by atoms with Crippen molar-refractivity contribution in [2.45, 2.75) is 0 Å². The van der Waals surface area contributed by atoms with Crippen molar-refractivity contribution in [1.82, 2.24) is 0 Å². The second-order valence-electron chi connectivity index (χ2n) is 3.52. The van der Waals surface area contributed by atoms with Gasteiger partial charge in [-0.05, 0) is 33.7 Å². The highest BCUT2D eigenvalue weighted by molar-refractivity contribution is 9.47. The van der Waals surface area contributed by atoms with Gasteiger partial charge in [0.25, 0.3) is 0 Å². The smallest absolute Gasteiger partial charge is 0.280 e. The Hall–Kier alpha value is -0.0938. The quantitative estimate of drug-likeness (QED) is 0.386. The van der Waals surface area contributed by atoms with Crippen LogP contribution in [-0.4, -0.2) is 16.0 Å². The molecule has 0 saturated heterocycles. The fraction of sp³-hybridized carbons (Fsp3) is 0. The normalized spacial score (nSPS) is 9.53. The molecular weight excluding hydrogens is 352 g/mol. The van der Waals surface area contributed by atoms with Gasteiger partial charge in [-0.2, -0.15) is 0 Å². The summed E-state index contributed by atoms with van der Waals surface area (Å²) in [6, 6.07) is 22.1. The van der Waals surface area contributed by atoms with Gasteiger partial charge in [-0.25, -0.2) is 0 Å². The van der Waals surface area contributed by atoms with E-state index in [-0.39, 0.29) is 16.0 Å². The molecule has 3 heteroatoms. The van der Waals surface area contributed by atoms with Crippen LogP contribution in [0.5, 0.6) is 0 Å². The van der Waals surface area contributed by atoms with Crippen LogP contribution in [-0.2, 0) is 0 Å². The van der Waals surface area contributed by atoms with Gasteiger partial charge < -0.3 is 0 Å². The van der Waals surface area contributed by atoms with E-state index in [9.17, 15) is 0 Å². The SMILES string of the molecule is [Br][Mg][Br].[c]1cc2ccccc2c2ccccc12. The van der Waals surface area contributed by atoms with E-state index in [1.54, 1.807) is 0 Å². The third-order valence-electron chi connectivity index (χ3n) is 2.56. The number of hydrogen-bond acceptors (Lipinski definition) is 0. The van der Waals surface area contributed by atoms with Gasteiger partial charge in [0.15, 0.2) is 0 Å². The molecule has 1 radical (unpaired) electrons. The summed E-state index contributed by atoms with van der Waals surface area (Å²) in [5.41, 5.74) is 0. The number of halogens is 2. The Morgan fingerprint density at radius 3 is 2.18 bits per heavy atom. The van der Waals surface area contributed by atoms with Gasteiger partial charge in [-0.15, -0.1) is 0 Å². The van der Waals surface area contributed by atoms with Gasteiger partial charge in [0, 0.05) is 0 Å². The summed E-state index contributed by atoms with van der Waals surface area (Å²) in [6.45, 7) is 0. The molecule has 17 heavy (non-hydrogen) atoms. The molecule has 0 heterocycles. The fourth-order valence-corrected chi connectivity index (χ4v) is 1.87. The fourth-order valence-electron chi connectivity index (χ4n) is 1.87. The zero-order valence-corrected chi connectivity index (χ0v) is 13.7. The van der Waals surface area contributed by atoms with Crippen molar-refractivity contribution in [3.63, 3.8) is 0 Å². The molecule has 81 valence electrons. The lowest BCUT2D eigenvalue weighted by atomic mass is 10.0. The van der Waals surface area contributed by atoms with Crippen molar-refractivity contribution in [3.8, 4) is 0 Å². The maximum Gasteiger partial charge on any atom is 0.560 e. The predicted molar refractivity (Wildman–Crippen MR) is 83.9 cm³/mol. The van der Waals surface area contributed by atoms with E-state index in [0.29, 0.717) is 0 Å². The number of benzene rings is 3. The molecule has 0 saturated carbocycles. The highest BCUT2D eigenvalue weighted by Crippen LogP contribution is 2.23. The van der Waals surface area contributed by atoms with Gasteiger partial charge in [0.2, 0.25) is 0 Å². The van der Waals surface area contributed by atoms with E-state index in [2.05, 4.69) is 80.4 Å². The topological polar surface area (TPSA) is 0 Å². The summed E-state index contributed by atoms with van der Waals surface area (Å²) in [7, 11) is 0. The van der Waals surface area contributed by atoms with Crippen LogP contribution in [0.15, 0.2) is 54.6 Å². The first kappa shape index (κ1) is 13.3. The van der Waals surface area contributed by atoms with Crippen molar-refractivity contribution >= 4 is 63.3 Å². The minimum absolute atomic E-state index is 0.0417. The summed E-state index contributed by atoms with van der Waals surface area (Å²) in [5, 5.41) is 5.03. The first-order chi connectivity index (χ1) is 8.36. The summed E-state index contributed by atoms with van der Waals surface area (Å²) in [5.74, 6) is 0. The minimum Gasteiger partial charge on any atom is -0.280 e. The van der Waals surface area contributed by atoms with Gasteiger partial charge in [0.05, 0.1) is 0 Å². The van der Waals surface area contributed by atoms with E-state index in [1.165, 1.54) is 21.5 Å². The Balaban J connectivity index is 0.000000329. The van der Waals surface area contributed by atoms with E-state index >= 15 is 0 Å². The highest BCUT2D eigenvalue weighted by atomic mass is 79.9. The molecule has 0 aliphatic rings. The molecule has 0 aliphatic carbocycles. The molecule has 3 aromatic rings. The van der Waals surface area contributed by atoms with Crippen molar-refractivity contribution < 1.29 is 0 Å². The van der Waals surface area contributed by atoms with Crippen molar-refractivity contribution in [1.29, 1.82) is 0 Å². The Labute approximate surface area is 123 Å². The zero-order chi connectivity index (χ0) is 12.1. The molecule has 0 aromatic heterocycles. The zero-order valence-electron chi connectivity index (χ0n) is 9.16. The van der Waals surface area contributed by atoms with Gasteiger partial charge >= 0.3 is 16.0 Å². The number of rotatable bonds is 0. The Morgan fingerprint density at radius 2 is 1.41 bits per heavy atom. The molecule has 0 N–H and O–H groups in total. The lowest BCUT2D eigenvalue weighted by Gasteiger charge is -2.01. The molecule has 0 atom stereocenters.